The smallest absolute Gasteiger partial charge is 0.230 e. The summed E-state index contributed by atoms with van der Waals surface area (Å²) < 4.78 is 22.9. The van der Waals surface area contributed by atoms with E-state index in [9.17, 15) is 4.39 Å². The van der Waals surface area contributed by atoms with Gasteiger partial charge in [-0.05, 0) is 6.07 Å². The molecular weight excluding hydrogens is 235 g/mol. The quantitative estimate of drug-likeness (QED) is 0.880. The summed E-state index contributed by atoms with van der Waals surface area (Å²) in [5, 5.41) is 3.77. The molecule has 6 heteroatoms. The van der Waals surface area contributed by atoms with E-state index < -0.39 is 5.82 Å². The second-order valence-corrected chi connectivity index (χ2v) is 3.45. The lowest BCUT2D eigenvalue weighted by molar-refractivity contribution is 0.412. The van der Waals surface area contributed by atoms with Crippen molar-refractivity contribution in [2.24, 2.45) is 0 Å². The number of hydrogen-bond donors (Lipinski definition) is 1. The fraction of sp³-hybridized carbons (Fsp3) is 0.100. The molecule has 1 heterocycles. The first-order valence-electron chi connectivity index (χ1n) is 4.37. The summed E-state index contributed by atoms with van der Waals surface area (Å²) in [5.41, 5.74) is 6.35. The van der Waals surface area contributed by atoms with Crippen molar-refractivity contribution in [3.05, 3.63) is 29.2 Å². The number of nitrogen functional groups attached to an aromatic ring is 1. The van der Waals surface area contributed by atoms with Crippen LogP contribution in [0.25, 0.3) is 11.1 Å². The summed E-state index contributed by atoms with van der Waals surface area (Å²) in [6.45, 7) is 0. The number of rotatable bonds is 2. The Hall–Kier alpha value is -1.75. The maximum absolute atomic E-state index is 13.3. The highest BCUT2D eigenvalue weighted by molar-refractivity contribution is 6.35. The molecule has 0 atom stereocenters. The van der Waals surface area contributed by atoms with E-state index in [4.69, 9.17) is 26.6 Å². The average Bonchev–Trinajstić information content (AvgIpc) is 2.67. The van der Waals surface area contributed by atoms with Gasteiger partial charge in [0.05, 0.1) is 23.9 Å². The molecule has 0 bridgehead atoms. The molecule has 4 nitrogen and oxygen atoms in total. The Bertz CT molecular complexity index is 528. The lowest BCUT2D eigenvalue weighted by atomic mass is 10.1. The predicted molar refractivity (Wildman–Crippen MR) is 57.9 cm³/mol. The SMILES string of the molecule is COc1cc(F)cc(-c2cnoc2N)c1Cl. The normalized spacial score (nSPS) is 10.4. The van der Waals surface area contributed by atoms with E-state index in [-0.39, 0.29) is 16.7 Å². The fourth-order valence-electron chi connectivity index (χ4n) is 1.36. The van der Waals surface area contributed by atoms with Crippen LogP contribution in [0.1, 0.15) is 0 Å². The van der Waals surface area contributed by atoms with Crippen molar-refractivity contribution in [1.29, 1.82) is 0 Å². The molecule has 0 aliphatic rings. The zero-order chi connectivity index (χ0) is 11.7. The number of nitrogens with two attached hydrogens (primary N) is 1. The number of anilines is 1. The van der Waals surface area contributed by atoms with Crippen molar-refractivity contribution in [2.75, 3.05) is 12.8 Å². The molecule has 16 heavy (non-hydrogen) atoms. The molecule has 0 saturated carbocycles. The number of benzene rings is 1. The number of halogens is 2. The third-order valence-corrected chi connectivity index (χ3v) is 2.50. The molecule has 0 unspecified atom stereocenters. The van der Waals surface area contributed by atoms with E-state index in [0.29, 0.717) is 11.1 Å². The number of ether oxygens (including phenoxy) is 1. The van der Waals surface area contributed by atoms with Crippen molar-refractivity contribution in [3.63, 3.8) is 0 Å². The number of aromatic nitrogens is 1. The summed E-state index contributed by atoms with van der Waals surface area (Å²) in [7, 11) is 1.40. The van der Waals surface area contributed by atoms with Crippen LogP contribution < -0.4 is 10.5 Å². The minimum atomic E-state index is -0.475. The molecule has 1 aromatic heterocycles. The van der Waals surface area contributed by atoms with Gasteiger partial charge in [-0.2, -0.15) is 0 Å². The Balaban J connectivity index is 2.65. The summed E-state index contributed by atoms with van der Waals surface area (Å²) in [4.78, 5) is 0. The Morgan fingerprint density at radius 3 is 2.75 bits per heavy atom. The van der Waals surface area contributed by atoms with Gasteiger partial charge < -0.3 is 15.0 Å². The van der Waals surface area contributed by atoms with E-state index in [2.05, 4.69) is 5.16 Å². The van der Waals surface area contributed by atoms with E-state index in [0.717, 1.165) is 0 Å². The van der Waals surface area contributed by atoms with Crippen LogP contribution in [0.4, 0.5) is 10.3 Å². The van der Waals surface area contributed by atoms with Crippen LogP contribution in [0.15, 0.2) is 22.9 Å². The van der Waals surface area contributed by atoms with Crippen molar-refractivity contribution >= 4 is 17.5 Å². The molecule has 0 amide bonds. The van der Waals surface area contributed by atoms with Gasteiger partial charge in [0, 0.05) is 11.6 Å². The predicted octanol–water partition coefficient (Wildman–Crippen LogP) is 2.72. The van der Waals surface area contributed by atoms with Crippen molar-refractivity contribution < 1.29 is 13.7 Å². The van der Waals surface area contributed by atoms with Gasteiger partial charge in [-0.3, -0.25) is 0 Å². The molecule has 0 fully saturated rings. The van der Waals surface area contributed by atoms with Gasteiger partial charge in [-0.15, -0.1) is 0 Å². The average molecular weight is 243 g/mol. The minimum absolute atomic E-state index is 0.0783. The van der Waals surface area contributed by atoms with Gasteiger partial charge in [0.2, 0.25) is 5.88 Å². The Morgan fingerprint density at radius 2 is 2.19 bits per heavy atom. The topological polar surface area (TPSA) is 61.3 Å². The zero-order valence-electron chi connectivity index (χ0n) is 8.33. The van der Waals surface area contributed by atoms with Crippen LogP contribution in [0, 0.1) is 5.82 Å². The number of methoxy groups -OCH3 is 1. The summed E-state index contributed by atoms with van der Waals surface area (Å²) in [6.07, 6.45) is 1.37. The standard InChI is InChI=1S/C10H8ClFN2O2/c1-15-8-3-5(12)2-6(9(8)11)7-4-14-16-10(7)13/h2-4H,13H2,1H3. The van der Waals surface area contributed by atoms with Gasteiger partial charge in [-0.25, -0.2) is 4.39 Å². The van der Waals surface area contributed by atoms with Crippen LogP contribution >= 0.6 is 11.6 Å². The molecule has 0 radical (unpaired) electrons. The highest BCUT2D eigenvalue weighted by Gasteiger charge is 2.16. The molecule has 2 rings (SSSR count). The molecule has 1 aromatic carbocycles. The van der Waals surface area contributed by atoms with Crippen LogP contribution in [0.2, 0.25) is 5.02 Å². The minimum Gasteiger partial charge on any atom is -0.495 e. The summed E-state index contributed by atoms with van der Waals surface area (Å²) in [6, 6.07) is 2.43. The fourth-order valence-corrected chi connectivity index (χ4v) is 1.65. The van der Waals surface area contributed by atoms with Gasteiger partial charge >= 0.3 is 0 Å². The third kappa shape index (κ3) is 1.69. The van der Waals surface area contributed by atoms with Crippen LogP contribution in [-0.4, -0.2) is 12.3 Å². The summed E-state index contributed by atoms with van der Waals surface area (Å²) >= 11 is 6.03. The van der Waals surface area contributed by atoms with Gasteiger partial charge in [-0.1, -0.05) is 16.8 Å². The summed E-state index contributed by atoms with van der Waals surface area (Å²) in [5.74, 6) is -0.163. The third-order valence-electron chi connectivity index (χ3n) is 2.11. The largest absolute Gasteiger partial charge is 0.495 e. The second kappa shape index (κ2) is 4.02. The van der Waals surface area contributed by atoms with Crippen LogP contribution in [0.3, 0.4) is 0 Å². The highest BCUT2D eigenvalue weighted by atomic mass is 35.5. The number of nitrogens with zero attached hydrogens (tertiary/aromatic N) is 1. The molecule has 0 spiro atoms. The first-order chi connectivity index (χ1) is 7.63. The van der Waals surface area contributed by atoms with Crippen molar-refractivity contribution in [2.45, 2.75) is 0 Å². The Morgan fingerprint density at radius 1 is 1.44 bits per heavy atom. The van der Waals surface area contributed by atoms with E-state index >= 15 is 0 Å². The van der Waals surface area contributed by atoms with Crippen LogP contribution in [-0.2, 0) is 0 Å². The molecule has 0 saturated heterocycles. The maximum atomic E-state index is 13.3. The van der Waals surface area contributed by atoms with E-state index in [1.54, 1.807) is 0 Å². The monoisotopic (exact) mass is 242 g/mol. The first kappa shape index (κ1) is 10.8. The Labute approximate surface area is 95.7 Å². The molecule has 0 aliphatic heterocycles. The Kier molecular flexibility index (Phi) is 2.70. The molecule has 2 N–H and O–H groups in total. The highest BCUT2D eigenvalue weighted by Crippen LogP contribution is 2.38. The van der Waals surface area contributed by atoms with E-state index in [1.165, 1.54) is 25.4 Å². The molecule has 0 aliphatic carbocycles. The molecule has 2 aromatic rings. The van der Waals surface area contributed by atoms with Gasteiger partial charge in [0.15, 0.2) is 0 Å². The van der Waals surface area contributed by atoms with Gasteiger partial charge in [0.25, 0.3) is 0 Å². The zero-order valence-corrected chi connectivity index (χ0v) is 9.08. The van der Waals surface area contributed by atoms with Crippen molar-refractivity contribution in [1.82, 2.24) is 5.16 Å². The van der Waals surface area contributed by atoms with Crippen LogP contribution in [0.5, 0.6) is 5.75 Å². The number of hydrogen-bond acceptors (Lipinski definition) is 4. The second-order valence-electron chi connectivity index (χ2n) is 3.07. The molecular formula is C10H8ClFN2O2. The molecule has 84 valence electrons. The lowest BCUT2D eigenvalue weighted by Gasteiger charge is -2.07. The van der Waals surface area contributed by atoms with Gasteiger partial charge in [0.1, 0.15) is 11.6 Å². The maximum Gasteiger partial charge on any atom is 0.230 e. The van der Waals surface area contributed by atoms with E-state index in [1.807, 2.05) is 0 Å². The lowest BCUT2D eigenvalue weighted by Crippen LogP contribution is -1.91. The van der Waals surface area contributed by atoms with Crippen molar-refractivity contribution in [3.8, 4) is 16.9 Å². The first-order valence-corrected chi connectivity index (χ1v) is 4.75.